The third kappa shape index (κ3) is 4.81. The lowest BCUT2D eigenvalue weighted by molar-refractivity contribution is 0.0594. The standard InChI is InChI=1S/C26H23NO5/c1-29-24-12-6-10-22(26(28)30-2)25(24)32-16-18-7-5-9-21(15-18)31-17-20-14-13-19-8-3-4-11-23(19)27-20/h3-15H,16-17H2,1-2H3. The van der Waals surface area contributed by atoms with E-state index in [2.05, 4.69) is 4.98 Å². The number of para-hydroxylation sites is 2. The number of nitrogens with zero attached hydrogens (tertiary/aromatic N) is 1. The maximum Gasteiger partial charge on any atom is 0.341 e. The molecule has 0 amide bonds. The molecule has 4 aromatic rings. The second-order valence-corrected chi connectivity index (χ2v) is 7.05. The molecule has 6 nitrogen and oxygen atoms in total. The number of aromatic nitrogens is 1. The van der Waals surface area contributed by atoms with Gasteiger partial charge in [0.15, 0.2) is 11.5 Å². The highest BCUT2D eigenvalue weighted by Gasteiger charge is 2.17. The second-order valence-electron chi connectivity index (χ2n) is 7.05. The first-order chi connectivity index (χ1) is 15.7. The van der Waals surface area contributed by atoms with Gasteiger partial charge in [-0.1, -0.05) is 42.5 Å². The summed E-state index contributed by atoms with van der Waals surface area (Å²) in [7, 11) is 2.86. The second kappa shape index (κ2) is 9.83. The van der Waals surface area contributed by atoms with E-state index in [-0.39, 0.29) is 6.61 Å². The van der Waals surface area contributed by atoms with Crippen molar-refractivity contribution < 1.29 is 23.7 Å². The molecule has 0 unspecified atom stereocenters. The molecule has 0 aliphatic carbocycles. The minimum atomic E-state index is -0.487. The Labute approximate surface area is 186 Å². The van der Waals surface area contributed by atoms with Crippen LogP contribution in [0.2, 0.25) is 0 Å². The summed E-state index contributed by atoms with van der Waals surface area (Å²) in [5.74, 6) is 1.02. The molecule has 0 radical (unpaired) electrons. The molecule has 0 saturated carbocycles. The quantitative estimate of drug-likeness (QED) is 0.359. The molecule has 0 spiro atoms. The summed E-state index contributed by atoms with van der Waals surface area (Å²) in [6.07, 6.45) is 0. The number of carbonyl (C=O) groups is 1. The van der Waals surface area contributed by atoms with Crippen molar-refractivity contribution in [2.24, 2.45) is 0 Å². The van der Waals surface area contributed by atoms with E-state index in [1.807, 2.05) is 60.7 Å². The Hall–Kier alpha value is -4.06. The molecule has 0 aliphatic heterocycles. The van der Waals surface area contributed by atoms with Gasteiger partial charge in [0.2, 0.25) is 0 Å². The minimum absolute atomic E-state index is 0.232. The van der Waals surface area contributed by atoms with Crippen molar-refractivity contribution in [1.29, 1.82) is 0 Å². The zero-order valence-corrected chi connectivity index (χ0v) is 17.9. The van der Waals surface area contributed by atoms with Crippen molar-refractivity contribution in [3.05, 3.63) is 95.7 Å². The van der Waals surface area contributed by atoms with Gasteiger partial charge in [0.25, 0.3) is 0 Å². The highest BCUT2D eigenvalue weighted by Crippen LogP contribution is 2.32. The van der Waals surface area contributed by atoms with Crippen molar-refractivity contribution in [3.63, 3.8) is 0 Å². The van der Waals surface area contributed by atoms with Crippen LogP contribution in [0.3, 0.4) is 0 Å². The van der Waals surface area contributed by atoms with Crippen LogP contribution in [0.1, 0.15) is 21.6 Å². The highest BCUT2D eigenvalue weighted by atomic mass is 16.5. The fourth-order valence-electron chi connectivity index (χ4n) is 3.32. The Bertz CT molecular complexity index is 1240. The molecule has 6 heteroatoms. The first-order valence-corrected chi connectivity index (χ1v) is 10.1. The number of benzene rings is 3. The SMILES string of the molecule is COC(=O)c1cccc(OC)c1OCc1cccc(OCc2ccc3ccccc3n2)c1. The van der Waals surface area contributed by atoms with Gasteiger partial charge in [0, 0.05) is 5.39 Å². The molecular weight excluding hydrogens is 406 g/mol. The van der Waals surface area contributed by atoms with E-state index in [9.17, 15) is 4.79 Å². The van der Waals surface area contributed by atoms with Crippen LogP contribution in [0.5, 0.6) is 17.2 Å². The van der Waals surface area contributed by atoms with Crippen LogP contribution in [0.15, 0.2) is 78.9 Å². The Morgan fingerprint density at radius 1 is 0.844 bits per heavy atom. The molecule has 162 valence electrons. The average Bonchev–Trinajstić information content (AvgIpc) is 2.85. The van der Waals surface area contributed by atoms with Gasteiger partial charge in [-0.2, -0.15) is 0 Å². The Morgan fingerprint density at radius 3 is 2.53 bits per heavy atom. The van der Waals surface area contributed by atoms with Crippen LogP contribution in [-0.2, 0) is 18.0 Å². The van der Waals surface area contributed by atoms with E-state index < -0.39 is 5.97 Å². The Balaban J connectivity index is 1.45. The van der Waals surface area contributed by atoms with E-state index in [1.54, 1.807) is 18.2 Å². The third-order valence-electron chi connectivity index (χ3n) is 4.93. The number of rotatable bonds is 8. The molecule has 0 bridgehead atoms. The normalized spacial score (nSPS) is 10.6. The first-order valence-electron chi connectivity index (χ1n) is 10.1. The lowest BCUT2D eigenvalue weighted by atomic mass is 10.2. The van der Waals surface area contributed by atoms with Crippen LogP contribution < -0.4 is 14.2 Å². The highest BCUT2D eigenvalue weighted by molar-refractivity contribution is 5.93. The van der Waals surface area contributed by atoms with Crippen LogP contribution in [-0.4, -0.2) is 25.2 Å². The summed E-state index contributed by atoms with van der Waals surface area (Å²) in [4.78, 5) is 16.7. The topological polar surface area (TPSA) is 66.9 Å². The maximum absolute atomic E-state index is 12.1. The zero-order chi connectivity index (χ0) is 22.3. The van der Waals surface area contributed by atoms with E-state index >= 15 is 0 Å². The van der Waals surface area contributed by atoms with Crippen molar-refractivity contribution in [2.45, 2.75) is 13.2 Å². The molecule has 4 rings (SSSR count). The van der Waals surface area contributed by atoms with Crippen molar-refractivity contribution >= 4 is 16.9 Å². The summed E-state index contributed by atoms with van der Waals surface area (Å²) in [6, 6.07) is 24.7. The largest absolute Gasteiger partial charge is 0.493 e. The number of methoxy groups -OCH3 is 2. The van der Waals surface area contributed by atoms with Gasteiger partial charge in [-0.3, -0.25) is 0 Å². The van der Waals surface area contributed by atoms with Crippen LogP contribution >= 0.6 is 0 Å². The van der Waals surface area contributed by atoms with Crippen LogP contribution in [0.4, 0.5) is 0 Å². The van der Waals surface area contributed by atoms with Crippen LogP contribution in [0, 0.1) is 0 Å². The molecule has 0 N–H and O–H groups in total. The smallest absolute Gasteiger partial charge is 0.341 e. The molecule has 0 saturated heterocycles. The predicted octanol–water partition coefficient (Wildman–Crippen LogP) is 5.19. The van der Waals surface area contributed by atoms with Gasteiger partial charge < -0.3 is 18.9 Å². The monoisotopic (exact) mass is 429 g/mol. The van der Waals surface area contributed by atoms with E-state index in [4.69, 9.17) is 18.9 Å². The van der Waals surface area contributed by atoms with Gasteiger partial charge in [0.1, 0.15) is 24.5 Å². The molecule has 1 aromatic heterocycles. The fourth-order valence-corrected chi connectivity index (χ4v) is 3.32. The van der Waals surface area contributed by atoms with E-state index in [0.29, 0.717) is 29.4 Å². The fraction of sp³-hybridized carbons (Fsp3) is 0.154. The van der Waals surface area contributed by atoms with Gasteiger partial charge >= 0.3 is 5.97 Å². The van der Waals surface area contributed by atoms with Crippen molar-refractivity contribution in [1.82, 2.24) is 4.98 Å². The number of hydrogen-bond donors (Lipinski definition) is 0. The average molecular weight is 429 g/mol. The van der Waals surface area contributed by atoms with Crippen molar-refractivity contribution in [2.75, 3.05) is 14.2 Å². The summed E-state index contributed by atoms with van der Waals surface area (Å²) in [6.45, 7) is 0.587. The van der Waals surface area contributed by atoms with Gasteiger partial charge in [-0.25, -0.2) is 9.78 Å². The third-order valence-corrected chi connectivity index (χ3v) is 4.93. The lowest BCUT2D eigenvalue weighted by Crippen LogP contribution is -2.07. The Morgan fingerprint density at radius 2 is 1.69 bits per heavy atom. The molecule has 32 heavy (non-hydrogen) atoms. The van der Waals surface area contributed by atoms with Crippen LogP contribution in [0.25, 0.3) is 10.9 Å². The molecule has 1 heterocycles. The predicted molar refractivity (Wildman–Crippen MR) is 121 cm³/mol. The molecule has 0 aliphatic rings. The van der Waals surface area contributed by atoms with E-state index in [1.165, 1.54) is 14.2 Å². The number of hydrogen-bond acceptors (Lipinski definition) is 6. The molecule has 0 atom stereocenters. The van der Waals surface area contributed by atoms with Gasteiger partial charge in [-0.15, -0.1) is 0 Å². The summed E-state index contributed by atoms with van der Waals surface area (Å²) < 4.78 is 22.1. The van der Waals surface area contributed by atoms with Gasteiger partial charge in [0.05, 0.1) is 25.4 Å². The van der Waals surface area contributed by atoms with Crippen molar-refractivity contribution in [3.8, 4) is 17.2 Å². The maximum atomic E-state index is 12.1. The molecule has 0 fully saturated rings. The minimum Gasteiger partial charge on any atom is -0.493 e. The number of carbonyl (C=O) groups excluding carboxylic acids is 1. The first kappa shape index (κ1) is 21.2. The number of ether oxygens (including phenoxy) is 4. The number of esters is 1. The Kier molecular flexibility index (Phi) is 6.51. The van der Waals surface area contributed by atoms with Gasteiger partial charge in [-0.05, 0) is 42.0 Å². The summed E-state index contributed by atoms with van der Waals surface area (Å²) in [5, 5.41) is 1.10. The van der Waals surface area contributed by atoms with E-state index in [0.717, 1.165) is 22.2 Å². The number of fused-ring (bicyclic) bond motifs is 1. The number of pyridine rings is 1. The molecular formula is C26H23NO5. The summed E-state index contributed by atoms with van der Waals surface area (Å²) >= 11 is 0. The zero-order valence-electron chi connectivity index (χ0n) is 17.9. The molecule has 3 aromatic carbocycles. The lowest BCUT2D eigenvalue weighted by Gasteiger charge is -2.14. The summed E-state index contributed by atoms with van der Waals surface area (Å²) in [5.41, 5.74) is 2.98.